The van der Waals surface area contributed by atoms with Gasteiger partial charge in [-0.25, -0.2) is 0 Å². The molecule has 2 aromatic carbocycles. The SMILES string of the molecule is O=C(CCc1nc(-c2ccccc2)no1)NCc1ccc(C(F)(F)F)cc1. The number of amides is 1. The molecule has 140 valence electrons. The van der Waals surface area contributed by atoms with Crippen LogP contribution in [0.5, 0.6) is 0 Å². The van der Waals surface area contributed by atoms with Crippen molar-refractivity contribution in [2.45, 2.75) is 25.6 Å². The molecule has 0 radical (unpaired) electrons. The first kappa shape index (κ1) is 18.6. The molecule has 1 amide bonds. The van der Waals surface area contributed by atoms with Crippen molar-refractivity contribution in [1.29, 1.82) is 0 Å². The Hall–Kier alpha value is -3.16. The van der Waals surface area contributed by atoms with Gasteiger partial charge >= 0.3 is 6.18 Å². The third-order valence-corrected chi connectivity index (χ3v) is 3.84. The van der Waals surface area contributed by atoms with E-state index in [1.807, 2.05) is 30.3 Å². The number of nitrogens with zero attached hydrogens (tertiary/aromatic N) is 2. The predicted octanol–water partition coefficient (Wildman–Crippen LogP) is 4.00. The molecule has 1 aromatic heterocycles. The van der Waals surface area contributed by atoms with E-state index in [1.165, 1.54) is 12.1 Å². The summed E-state index contributed by atoms with van der Waals surface area (Å²) in [6, 6.07) is 14.0. The fourth-order valence-corrected chi connectivity index (χ4v) is 2.38. The number of benzene rings is 2. The van der Waals surface area contributed by atoms with E-state index in [2.05, 4.69) is 15.5 Å². The van der Waals surface area contributed by atoms with Crippen LogP contribution in [-0.2, 0) is 23.9 Å². The van der Waals surface area contributed by atoms with Crippen LogP contribution in [0.15, 0.2) is 59.1 Å². The van der Waals surface area contributed by atoms with Crippen molar-refractivity contribution < 1.29 is 22.5 Å². The van der Waals surface area contributed by atoms with Crippen molar-refractivity contribution in [2.75, 3.05) is 0 Å². The van der Waals surface area contributed by atoms with Crippen molar-refractivity contribution in [2.24, 2.45) is 0 Å². The number of carbonyl (C=O) groups is 1. The molecule has 0 aliphatic heterocycles. The van der Waals surface area contributed by atoms with Gasteiger partial charge in [-0.15, -0.1) is 0 Å². The van der Waals surface area contributed by atoms with Crippen molar-refractivity contribution >= 4 is 5.91 Å². The molecule has 3 aromatic rings. The van der Waals surface area contributed by atoms with E-state index in [0.717, 1.165) is 17.7 Å². The molecule has 0 saturated carbocycles. The van der Waals surface area contributed by atoms with Crippen LogP contribution >= 0.6 is 0 Å². The number of aromatic nitrogens is 2. The standard InChI is InChI=1S/C19H16F3N3O2/c20-19(21,22)15-8-6-13(7-9-15)12-23-16(26)10-11-17-24-18(25-27-17)14-4-2-1-3-5-14/h1-9H,10-12H2,(H,23,26). The smallest absolute Gasteiger partial charge is 0.352 e. The van der Waals surface area contributed by atoms with E-state index in [1.54, 1.807) is 0 Å². The molecule has 0 fully saturated rings. The minimum Gasteiger partial charge on any atom is -0.352 e. The highest BCUT2D eigenvalue weighted by molar-refractivity contribution is 5.76. The zero-order valence-corrected chi connectivity index (χ0v) is 14.2. The zero-order valence-electron chi connectivity index (χ0n) is 14.2. The van der Waals surface area contributed by atoms with Gasteiger partial charge in [-0.05, 0) is 17.7 Å². The molecule has 1 N–H and O–H groups in total. The maximum atomic E-state index is 12.5. The molecular weight excluding hydrogens is 359 g/mol. The van der Waals surface area contributed by atoms with E-state index in [-0.39, 0.29) is 25.3 Å². The Labute approximate surface area is 153 Å². The highest BCUT2D eigenvalue weighted by Gasteiger charge is 2.29. The maximum Gasteiger partial charge on any atom is 0.416 e. The van der Waals surface area contributed by atoms with Crippen molar-refractivity contribution in [3.8, 4) is 11.4 Å². The number of alkyl halides is 3. The van der Waals surface area contributed by atoms with Crippen molar-refractivity contribution in [3.63, 3.8) is 0 Å². The lowest BCUT2D eigenvalue weighted by Gasteiger charge is -2.08. The van der Waals surface area contributed by atoms with Gasteiger partial charge < -0.3 is 9.84 Å². The molecular formula is C19H16F3N3O2. The number of aryl methyl sites for hydroxylation is 1. The van der Waals surface area contributed by atoms with Crippen LogP contribution in [0.1, 0.15) is 23.4 Å². The van der Waals surface area contributed by atoms with Crippen LogP contribution in [-0.4, -0.2) is 16.0 Å². The first-order chi connectivity index (χ1) is 12.9. The number of nitrogens with one attached hydrogen (secondary N) is 1. The summed E-state index contributed by atoms with van der Waals surface area (Å²) in [7, 11) is 0. The van der Waals surface area contributed by atoms with E-state index in [0.29, 0.717) is 17.3 Å². The second kappa shape index (κ2) is 8.03. The van der Waals surface area contributed by atoms with Crippen LogP contribution in [0.2, 0.25) is 0 Å². The number of hydrogen-bond acceptors (Lipinski definition) is 4. The monoisotopic (exact) mass is 375 g/mol. The van der Waals surface area contributed by atoms with Gasteiger partial charge in [-0.3, -0.25) is 4.79 Å². The third kappa shape index (κ3) is 5.16. The Kier molecular flexibility index (Phi) is 5.54. The summed E-state index contributed by atoms with van der Waals surface area (Å²) in [5.74, 6) is 0.545. The highest BCUT2D eigenvalue weighted by atomic mass is 19.4. The Balaban J connectivity index is 1.47. The van der Waals surface area contributed by atoms with E-state index >= 15 is 0 Å². The highest BCUT2D eigenvalue weighted by Crippen LogP contribution is 2.29. The number of halogens is 3. The fourth-order valence-electron chi connectivity index (χ4n) is 2.38. The van der Waals surface area contributed by atoms with E-state index in [9.17, 15) is 18.0 Å². The fraction of sp³-hybridized carbons (Fsp3) is 0.211. The topological polar surface area (TPSA) is 68.0 Å². The van der Waals surface area contributed by atoms with E-state index < -0.39 is 11.7 Å². The molecule has 1 heterocycles. The van der Waals surface area contributed by atoms with Crippen LogP contribution < -0.4 is 5.32 Å². The van der Waals surface area contributed by atoms with Gasteiger partial charge in [0.15, 0.2) is 0 Å². The summed E-state index contributed by atoms with van der Waals surface area (Å²) in [5, 5.41) is 6.53. The van der Waals surface area contributed by atoms with Gasteiger partial charge in [0, 0.05) is 24.9 Å². The summed E-state index contributed by atoms with van der Waals surface area (Å²) in [4.78, 5) is 16.2. The summed E-state index contributed by atoms with van der Waals surface area (Å²) in [6.07, 6.45) is -3.96. The van der Waals surface area contributed by atoms with Gasteiger partial charge in [0.05, 0.1) is 5.56 Å². The Morgan fingerprint density at radius 2 is 1.74 bits per heavy atom. The summed E-state index contributed by atoms with van der Waals surface area (Å²) in [5.41, 5.74) is 0.683. The first-order valence-corrected chi connectivity index (χ1v) is 8.22. The molecule has 0 spiro atoms. The third-order valence-electron chi connectivity index (χ3n) is 3.84. The lowest BCUT2D eigenvalue weighted by molar-refractivity contribution is -0.137. The predicted molar refractivity (Wildman–Crippen MR) is 91.3 cm³/mol. The summed E-state index contributed by atoms with van der Waals surface area (Å²) >= 11 is 0. The Bertz CT molecular complexity index is 891. The summed E-state index contributed by atoms with van der Waals surface area (Å²) in [6.45, 7) is 0.149. The van der Waals surface area contributed by atoms with Gasteiger partial charge in [0.2, 0.25) is 17.6 Å². The molecule has 0 aliphatic carbocycles. The zero-order chi connectivity index (χ0) is 19.3. The second-order valence-corrected chi connectivity index (χ2v) is 5.85. The van der Waals surface area contributed by atoms with Crippen LogP contribution in [0.3, 0.4) is 0 Å². The Morgan fingerprint density at radius 1 is 1.04 bits per heavy atom. The van der Waals surface area contributed by atoms with Gasteiger partial charge in [0.25, 0.3) is 0 Å². The molecule has 3 rings (SSSR count). The normalized spacial score (nSPS) is 11.4. The van der Waals surface area contributed by atoms with Crippen LogP contribution in [0.4, 0.5) is 13.2 Å². The number of rotatable bonds is 6. The quantitative estimate of drug-likeness (QED) is 0.707. The van der Waals surface area contributed by atoms with Crippen molar-refractivity contribution in [3.05, 3.63) is 71.6 Å². The molecule has 0 aliphatic rings. The second-order valence-electron chi connectivity index (χ2n) is 5.85. The molecule has 5 nitrogen and oxygen atoms in total. The molecule has 8 heteroatoms. The van der Waals surface area contributed by atoms with Gasteiger partial charge in [-0.2, -0.15) is 18.2 Å². The Morgan fingerprint density at radius 3 is 2.41 bits per heavy atom. The van der Waals surface area contributed by atoms with Crippen molar-refractivity contribution in [1.82, 2.24) is 15.5 Å². The number of hydrogen-bond donors (Lipinski definition) is 1. The lowest BCUT2D eigenvalue weighted by Crippen LogP contribution is -2.23. The van der Waals surface area contributed by atoms with Crippen LogP contribution in [0.25, 0.3) is 11.4 Å². The van der Waals surface area contributed by atoms with Gasteiger partial charge in [-0.1, -0.05) is 47.6 Å². The molecule has 0 bridgehead atoms. The molecule has 0 saturated heterocycles. The maximum absolute atomic E-state index is 12.5. The molecule has 0 atom stereocenters. The van der Waals surface area contributed by atoms with Gasteiger partial charge in [0.1, 0.15) is 0 Å². The van der Waals surface area contributed by atoms with Crippen LogP contribution in [0, 0.1) is 0 Å². The average Bonchev–Trinajstić information content (AvgIpc) is 3.14. The number of carbonyl (C=O) groups excluding carboxylic acids is 1. The minimum absolute atomic E-state index is 0.136. The molecule has 0 unspecified atom stereocenters. The summed E-state index contributed by atoms with van der Waals surface area (Å²) < 4.78 is 42.7. The average molecular weight is 375 g/mol. The lowest BCUT2D eigenvalue weighted by atomic mass is 10.1. The minimum atomic E-state index is -4.37. The molecule has 27 heavy (non-hydrogen) atoms. The largest absolute Gasteiger partial charge is 0.416 e. The van der Waals surface area contributed by atoms with E-state index in [4.69, 9.17) is 4.52 Å². The first-order valence-electron chi connectivity index (χ1n) is 8.22.